The number of anilines is 1. The summed E-state index contributed by atoms with van der Waals surface area (Å²) in [6.07, 6.45) is 1.47. The van der Waals surface area contributed by atoms with Gasteiger partial charge in [-0.25, -0.2) is 27.9 Å². The first-order valence-electron chi connectivity index (χ1n) is 6.07. The summed E-state index contributed by atoms with van der Waals surface area (Å²) in [6, 6.07) is 7.12. The molecule has 21 heavy (non-hydrogen) atoms. The standard InChI is InChI=1S/C13H14N4O3S/c1-9-5-3-4-6-11(9)21(19,20)17-13(18)16-12-14-8-7-10(2)15-12/h3-8H,1-2H3,(H2,14,15,16,17,18). The zero-order valence-electron chi connectivity index (χ0n) is 11.5. The van der Waals surface area contributed by atoms with Crippen LogP contribution in [0.3, 0.4) is 0 Å². The molecule has 0 radical (unpaired) electrons. The molecule has 0 fully saturated rings. The van der Waals surface area contributed by atoms with Crippen LogP contribution in [-0.2, 0) is 10.0 Å². The molecule has 0 spiro atoms. The van der Waals surface area contributed by atoms with Crippen LogP contribution in [0.15, 0.2) is 41.4 Å². The summed E-state index contributed by atoms with van der Waals surface area (Å²) in [7, 11) is -3.94. The number of hydrogen-bond acceptors (Lipinski definition) is 5. The fourth-order valence-electron chi connectivity index (χ4n) is 1.67. The van der Waals surface area contributed by atoms with Gasteiger partial charge in [0.05, 0.1) is 4.90 Å². The van der Waals surface area contributed by atoms with E-state index in [1.165, 1.54) is 12.3 Å². The number of nitrogens with one attached hydrogen (secondary N) is 2. The van der Waals surface area contributed by atoms with E-state index in [1.807, 2.05) is 4.72 Å². The number of benzene rings is 1. The van der Waals surface area contributed by atoms with Crippen LogP contribution >= 0.6 is 0 Å². The molecule has 1 aromatic carbocycles. The highest BCUT2D eigenvalue weighted by Gasteiger charge is 2.19. The molecule has 2 N–H and O–H groups in total. The highest BCUT2D eigenvalue weighted by molar-refractivity contribution is 7.90. The molecule has 0 aliphatic heterocycles. The second-order valence-corrected chi connectivity index (χ2v) is 6.00. The van der Waals surface area contributed by atoms with Crippen LogP contribution in [0.4, 0.5) is 10.7 Å². The van der Waals surface area contributed by atoms with Gasteiger partial charge in [-0.2, -0.15) is 0 Å². The minimum Gasteiger partial charge on any atom is -0.275 e. The number of carbonyl (C=O) groups excluding carboxylic acids is 1. The first-order valence-corrected chi connectivity index (χ1v) is 7.56. The van der Waals surface area contributed by atoms with Crippen LogP contribution in [0.25, 0.3) is 0 Å². The summed E-state index contributed by atoms with van der Waals surface area (Å²) < 4.78 is 26.1. The topological polar surface area (TPSA) is 101 Å². The normalized spacial score (nSPS) is 11.0. The molecule has 0 aliphatic rings. The molecule has 1 heterocycles. The Morgan fingerprint density at radius 1 is 1.14 bits per heavy atom. The van der Waals surface area contributed by atoms with E-state index in [0.717, 1.165) is 0 Å². The fraction of sp³-hybridized carbons (Fsp3) is 0.154. The zero-order chi connectivity index (χ0) is 15.5. The van der Waals surface area contributed by atoms with Gasteiger partial charge in [-0.3, -0.25) is 5.32 Å². The minimum atomic E-state index is -3.94. The van der Waals surface area contributed by atoms with Gasteiger partial charge in [0.25, 0.3) is 10.0 Å². The van der Waals surface area contributed by atoms with Crippen molar-refractivity contribution in [3.8, 4) is 0 Å². The molecule has 8 heteroatoms. The van der Waals surface area contributed by atoms with Crippen LogP contribution < -0.4 is 10.0 Å². The second-order valence-electron chi connectivity index (χ2n) is 4.35. The summed E-state index contributed by atoms with van der Waals surface area (Å²) in [5.41, 5.74) is 1.20. The number of amides is 2. The third-order valence-corrected chi connectivity index (χ3v) is 4.12. The van der Waals surface area contributed by atoms with Crippen LogP contribution in [0.5, 0.6) is 0 Å². The van der Waals surface area contributed by atoms with Gasteiger partial charge >= 0.3 is 6.03 Å². The smallest absolute Gasteiger partial charge is 0.275 e. The molecule has 0 saturated heterocycles. The van der Waals surface area contributed by atoms with Gasteiger partial charge in [-0.1, -0.05) is 18.2 Å². The number of aromatic nitrogens is 2. The Hall–Kier alpha value is -2.48. The van der Waals surface area contributed by atoms with Gasteiger partial charge in [0, 0.05) is 11.9 Å². The summed E-state index contributed by atoms with van der Waals surface area (Å²) in [5.74, 6) is 0.0347. The summed E-state index contributed by atoms with van der Waals surface area (Å²) in [5, 5.41) is 2.28. The number of hydrogen-bond donors (Lipinski definition) is 2. The number of rotatable bonds is 3. The van der Waals surface area contributed by atoms with E-state index in [1.54, 1.807) is 38.1 Å². The van der Waals surface area contributed by atoms with Crippen molar-refractivity contribution in [2.75, 3.05) is 5.32 Å². The third kappa shape index (κ3) is 3.76. The van der Waals surface area contributed by atoms with Crippen LogP contribution in [-0.4, -0.2) is 24.4 Å². The minimum absolute atomic E-state index is 0.0347. The first kappa shape index (κ1) is 14.9. The number of urea groups is 1. The van der Waals surface area contributed by atoms with Crippen molar-refractivity contribution in [3.05, 3.63) is 47.8 Å². The van der Waals surface area contributed by atoms with E-state index in [-0.39, 0.29) is 10.8 Å². The van der Waals surface area contributed by atoms with Gasteiger partial charge in [-0.15, -0.1) is 0 Å². The molecular weight excluding hydrogens is 292 g/mol. The molecular formula is C13H14N4O3S. The van der Waals surface area contributed by atoms with Crippen LogP contribution in [0, 0.1) is 13.8 Å². The van der Waals surface area contributed by atoms with E-state index >= 15 is 0 Å². The predicted octanol–water partition coefficient (Wildman–Crippen LogP) is 1.60. The zero-order valence-corrected chi connectivity index (χ0v) is 12.3. The predicted molar refractivity (Wildman–Crippen MR) is 77.3 cm³/mol. The van der Waals surface area contributed by atoms with E-state index in [9.17, 15) is 13.2 Å². The lowest BCUT2D eigenvalue weighted by molar-refractivity contribution is 0.256. The van der Waals surface area contributed by atoms with E-state index in [2.05, 4.69) is 15.3 Å². The summed E-state index contributed by atoms with van der Waals surface area (Å²) >= 11 is 0. The number of aryl methyl sites for hydroxylation is 2. The molecule has 110 valence electrons. The molecule has 2 amide bonds. The van der Waals surface area contributed by atoms with Crippen molar-refractivity contribution < 1.29 is 13.2 Å². The third-order valence-electron chi connectivity index (χ3n) is 2.63. The molecule has 1 aromatic heterocycles. The molecule has 0 aliphatic carbocycles. The summed E-state index contributed by atoms with van der Waals surface area (Å²) in [4.78, 5) is 19.6. The van der Waals surface area contributed by atoms with Crippen molar-refractivity contribution in [1.82, 2.24) is 14.7 Å². The Bertz CT molecular complexity index is 774. The largest absolute Gasteiger partial charge is 0.335 e. The van der Waals surface area contributed by atoms with Crippen molar-refractivity contribution >= 4 is 22.0 Å². The van der Waals surface area contributed by atoms with Crippen LogP contribution in [0.2, 0.25) is 0 Å². The average molecular weight is 306 g/mol. The maximum absolute atomic E-state index is 12.1. The lowest BCUT2D eigenvalue weighted by Crippen LogP contribution is -2.35. The highest BCUT2D eigenvalue weighted by Crippen LogP contribution is 2.13. The lowest BCUT2D eigenvalue weighted by Gasteiger charge is -2.09. The van der Waals surface area contributed by atoms with Crippen LogP contribution in [0.1, 0.15) is 11.3 Å². The number of nitrogens with zero attached hydrogens (tertiary/aromatic N) is 2. The Balaban J connectivity index is 2.14. The molecule has 2 aromatic rings. The fourth-order valence-corrected chi connectivity index (χ4v) is 2.83. The van der Waals surface area contributed by atoms with Gasteiger partial charge in [0.2, 0.25) is 5.95 Å². The van der Waals surface area contributed by atoms with Crippen molar-refractivity contribution in [2.45, 2.75) is 18.7 Å². The van der Waals surface area contributed by atoms with Crippen molar-refractivity contribution in [3.63, 3.8) is 0 Å². The SMILES string of the molecule is Cc1ccnc(NC(=O)NS(=O)(=O)c2ccccc2C)n1. The Labute approximate surface area is 122 Å². The maximum atomic E-state index is 12.1. The highest BCUT2D eigenvalue weighted by atomic mass is 32.2. The monoisotopic (exact) mass is 306 g/mol. The molecule has 2 rings (SSSR count). The molecule has 0 saturated carbocycles. The first-order chi connectivity index (χ1) is 9.88. The van der Waals surface area contributed by atoms with Crippen molar-refractivity contribution in [1.29, 1.82) is 0 Å². The summed E-state index contributed by atoms with van der Waals surface area (Å²) in [6.45, 7) is 3.38. The Morgan fingerprint density at radius 3 is 2.52 bits per heavy atom. The number of sulfonamides is 1. The van der Waals surface area contributed by atoms with Crippen molar-refractivity contribution in [2.24, 2.45) is 0 Å². The van der Waals surface area contributed by atoms with Gasteiger partial charge in [0.1, 0.15) is 0 Å². The van der Waals surface area contributed by atoms with Gasteiger partial charge < -0.3 is 0 Å². The van der Waals surface area contributed by atoms with E-state index in [0.29, 0.717) is 11.3 Å². The molecule has 0 bridgehead atoms. The van der Waals surface area contributed by atoms with E-state index < -0.39 is 16.1 Å². The molecule has 0 unspecified atom stereocenters. The quantitative estimate of drug-likeness (QED) is 0.897. The van der Waals surface area contributed by atoms with Gasteiger partial charge in [0.15, 0.2) is 0 Å². The lowest BCUT2D eigenvalue weighted by atomic mass is 10.2. The van der Waals surface area contributed by atoms with E-state index in [4.69, 9.17) is 0 Å². The Kier molecular flexibility index (Phi) is 4.18. The average Bonchev–Trinajstić information content (AvgIpc) is 2.38. The number of carbonyl (C=O) groups is 1. The molecule has 0 atom stereocenters. The Morgan fingerprint density at radius 2 is 1.86 bits per heavy atom. The second kappa shape index (κ2) is 5.88. The maximum Gasteiger partial charge on any atom is 0.335 e. The van der Waals surface area contributed by atoms with Gasteiger partial charge in [-0.05, 0) is 31.5 Å². The molecule has 7 nitrogen and oxygen atoms in total.